The Labute approximate surface area is 515 Å². The minimum Gasteiger partial charge on any atom is -0.691 e. The standard InChI is InChI=1S/C55H74N8O20S.Na/c1-4-5-6-7-29-8-13-31(14-9-29)32-15-10-30(11-16-32)12-19-42(70)58-36-21-34(65)24-57-53(77)46-47(71)27(2)25-63(46)55(79)44(39(68)23-41(56)69)60-52(76)45(49(73)48(72)33-17-18-38(67)40(20-33)81-84-83-82-80)61-51(75)37-22-35(66)26-62(37)54(78)43(28(3)64)59-50(36)74;/h8-11,13-18,20,27-28,34-37,39,43-49,64-68,71-73,80H,4-7,12,19,21-26H2,1-3H3,(H2,56,69)(H,57,77)(H,58,70)(H,59,74)(H,60,76)(H,61,75);/q;+1/p-1. The van der Waals surface area contributed by atoms with Crippen LogP contribution < -0.4 is 71.3 Å². The second-order valence-electron chi connectivity index (χ2n) is 21.3. The zero-order valence-corrected chi connectivity index (χ0v) is 50.1. The normalized spacial score (nSPS) is 26.0. The number of benzene rings is 3. The van der Waals surface area contributed by atoms with Crippen LogP contribution in [0.1, 0.15) is 88.5 Å². The average Bonchev–Trinajstić information content (AvgIpc) is 2.74. The second kappa shape index (κ2) is 32.6. The van der Waals surface area contributed by atoms with E-state index in [0.717, 1.165) is 77.3 Å². The minimum atomic E-state index is -2.52. The number of hydrogen-bond donors (Lipinski definition) is 14. The molecule has 28 nitrogen and oxygen atoms in total. The van der Waals surface area contributed by atoms with Crippen LogP contribution in [0.15, 0.2) is 66.7 Å². The van der Waals surface area contributed by atoms with E-state index in [-0.39, 0.29) is 60.3 Å². The summed E-state index contributed by atoms with van der Waals surface area (Å²) in [6.45, 7) is 2.94. The van der Waals surface area contributed by atoms with Gasteiger partial charge in [0.1, 0.15) is 48.5 Å². The van der Waals surface area contributed by atoms with E-state index >= 15 is 0 Å². The number of hydrogen-bond acceptors (Lipinski definition) is 21. The molecule has 6 rings (SSSR count). The molecule has 85 heavy (non-hydrogen) atoms. The molecule has 0 radical (unpaired) electrons. The molecule has 8 amide bonds. The number of rotatable bonds is 20. The van der Waals surface area contributed by atoms with Gasteiger partial charge in [-0.25, -0.2) is 0 Å². The number of nitrogens with two attached hydrogens (primary N) is 1. The van der Waals surface area contributed by atoms with Gasteiger partial charge in [0, 0.05) is 44.8 Å². The number of phenolic OH excluding ortho intramolecular Hbond substituents is 1. The van der Waals surface area contributed by atoms with Crippen LogP contribution in [0.2, 0.25) is 0 Å². The first-order valence-corrected chi connectivity index (χ1v) is 28.0. The molecule has 3 aliphatic heterocycles. The Balaban J connectivity index is 0.0000132. The number of nitrogens with one attached hydrogen (secondary N) is 5. The molecule has 0 bridgehead atoms. The predicted octanol–water partition coefficient (Wildman–Crippen LogP) is -6.40. The number of nitrogens with zero attached hydrogens (tertiary/aromatic N) is 2. The van der Waals surface area contributed by atoms with E-state index in [0.29, 0.717) is 0 Å². The van der Waals surface area contributed by atoms with Crippen LogP contribution in [0.3, 0.4) is 0 Å². The average molecular weight is 1220 g/mol. The van der Waals surface area contributed by atoms with Gasteiger partial charge in [-0.05, 0) is 66.1 Å². The summed E-state index contributed by atoms with van der Waals surface area (Å²) in [6.07, 6.45) is -11.6. The maximum absolute atomic E-state index is 14.6. The second-order valence-corrected chi connectivity index (χ2v) is 21.7. The summed E-state index contributed by atoms with van der Waals surface area (Å²) in [5, 5.41) is 115. The van der Waals surface area contributed by atoms with E-state index in [1.165, 1.54) is 12.5 Å². The van der Waals surface area contributed by atoms with Crippen LogP contribution in [-0.2, 0) is 60.6 Å². The van der Waals surface area contributed by atoms with Gasteiger partial charge in [0.2, 0.25) is 47.3 Å². The van der Waals surface area contributed by atoms with Crippen molar-refractivity contribution in [1.82, 2.24) is 36.4 Å². The number of amides is 8. The Bertz CT molecular complexity index is 2790. The molecule has 3 fully saturated rings. The van der Waals surface area contributed by atoms with Gasteiger partial charge in [-0.1, -0.05) is 81.3 Å². The molecule has 14 unspecified atom stereocenters. The van der Waals surface area contributed by atoms with Crippen LogP contribution in [0, 0.1) is 5.92 Å². The van der Waals surface area contributed by atoms with Crippen molar-refractivity contribution < 1.29 is 128 Å². The number of phenols is 1. The molecule has 15 N–H and O–H groups in total. The molecule has 3 aromatic rings. The van der Waals surface area contributed by atoms with Crippen molar-refractivity contribution in [3.8, 4) is 22.6 Å². The summed E-state index contributed by atoms with van der Waals surface area (Å²) in [5.41, 5.74) is 8.95. The van der Waals surface area contributed by atoms with E-state index in [1.54, 1.807) is 0 Å². The number of aryl methyl sites for hydroxylation is 2. The van der Waals surface area contributed by atoms with Crippen molar-refractivity contribution in [2.45, 2.75) is 158 Å². The van der Waals surface area contributed by atoms with Crippen LogP contribution in [-0.4, -0.2) is 190 Å². The molecular formula is C55H73N8NaO20S. The van der Waals surface area contributed by atoms with Gasteiger partial charge in [0.25, 0.3) is 12.3 Å². The van der Waals surface area contributed by atoms with Gasteiger partial charge in [0.05, 0.1) is 36.9 Å². The van der Waals surface area contributed by atoms with Crippen LogP contribution >= 0.6 is 12.3 Å². The molecule has 30 heteroatoms. The number of unbranched alkanes of at least 4 members (excludes halogenated alkanes) is 2. The largest absolute Gasteiger partial charge is 1.00 e. The van der Waals surface area contributed by atoms with Gasteiger partial charge in [-0.2, -0.15) is 0 Å². The first-order valence-electron chi connectivity index (χ1n) is 27.4. The van der Waals surface area contributed by atoms with Crippen molar-refractivity contribution in [3.05, 3.63) is 83.4 Å². The number of carbonyl (C=O) groups excluding carboxylic acids is 8. The molecule has 3 saturated heterocycles. The van der Waals surface area contributed by atoms with Crippen molar-refractivity contribution in [3.63, 3.8) is 0 Å². The van der Waals surface area contributed by atoms with Crippen molar-refractivity contribution in [2.75, 3.05) is 19.6 Å². The predicted molar refractivity (Wildman–Crippen MR) is 293 cm³/mol. The van der Waals surface area contributed by atoms with Gasteiger partial charge in [-0.15, -0.1) is 4.33 Å². The molecule has 14 atom stereocenters. The third-order valence-corrected chi connectivity index (χ3v) is 15.3. The number of carbonyl (C=O) groups is 8. The zero-order chi connectivity index (χ0) is 61.5. The topological polar surface area (TPSA) is 442 Å². The van der Waals surface area contributed by atoms with Crippen molar-refractivity contribution in [2.24, 2.45) is 11.7 Å². The third-order valence-electron chi connectivity index (χ3n) is 14.9. The molecule has 460 valence electrons. The van der Waals surface area contributed by atoms with Gasteiger partial charge in [0.15, 0.2) is 11.5 Å². The molecule has 0 saturated carbocycles. The summed E-state index contributed by atoms with van der Waals surface area (Å²) in [6, 6.07) is 6.59. The van der Waals surface area contributed by atoms with Crippen LogP contribution in [0.5, 0.6) is 11.5 Å². The van der Waals surface area contributed by atoms with Gasteiger partial charge in [-0.3, -0.25) is 43.4 Å². The quantitative estimate of drug-likeness (QED) is 0.0164. The number of β-amino-alcohol motifs (C(OH)–C–C–N with tert-alkyl or cyclic N) is 1. The molecule has 0 spiro atoms. The molecule has 3 aromatic carbocycles. The number of primary amides is 1. The number of fused-ring (bicyclic) bond motifs is 2. The van der Waals surface area contributed by atoms with E-state index in [9.17, 15) is 84.5 Å². The zero-order valence-electron chi connectivity index (χ0n) is 47.3. The maximum atomic E-state index is 14.6. The minimum absolute atomic E-state index is 0. The number of aliphatic hydroxyl groups excluding tert-OH is 7. The summed E-state index contributed by atoms with van der Waals surface area (Å²) in [5.74, 6) is -11.6. The van der Waals surface area contributed by atoms with Crippen LogP contribution in [0.25, 0.3) is 11.1 Å². The Hall–Kier alpha value is -6.03. The van der Waals surface area contributed by atoms with E-state index in [1.807, 2.05) is 36.4 Å². The van der Waals surface area contributed by atoms with Crippen molar-refractivity contribution in [1.29, 1.82) is 0 Å². The van der Waals surface area contributed by atoms with E-state index in [2.05, 4.69) is 55.0 Å². The fraction of sp³-hybridized carbons (Fsp3) is 0.527. The fourth-order valence-corrected chi connectivity index (χ4v) is 10.5. The molecular weight excluding hydrogens is 1150 g/mol. The summed E-state index contributed by atoms with van der Waals surface area (Å²) in [7, 11) is 0. The Kier molecular flexibility index (Phi) is 26.8. The summed E-state index contributed by atoms with van der Waals surface area (Å²) in [4.78, 5) is 114. The number of aromatic hydroxyl groups is 1. The monoisotopic (exact) mass is 1220 g/mol. The third kappa shape index (κ3) is 18.7. The van der Waals surface area contributed by atoms with Gasteiger partial charge < -0.3 is 92.4 Å². The molecule has 0 aromatic heterocycles. The number of aliphatic hydroxyl groups is 7. The Morgan fingerprint density at radius 2 is 1.39 bits per heavy atom. The SMILES string of the molecule is CCCCCc1ccc(-c2ccc(CCC(=O)NC3CC(O)CNC(=O)C4C(O)C(C)CN4C(=O)C(C(O)CC(N)=O)NC(=O)C(C(O)C(O)c4ccc(O)c(OSOO[O-])c4)NC(=O)C4CC(O)CN4C(=O)C(C(C)O)NC3=O)cc2)cc1.[Na+]. The fourth-order valence-electron chi connectivity index (χ4n) is 10.3. The molecule has 3 heterocycles. The maximum Gasteiger partial charge on any atom is 1.00 e. The Morgan fingerprint density at radius 1 is 0.776 bits per heavy atom. The summed E-state index contributed by atoms with van der Waals surface area (Å²) >= 11 is -0.0797. The first-order chi connectivity index (χ1) is 39.9. The van der Waals surface area contributed by atoms with E-state index < -0.39 is 183 Å². The van der Waals surface area contributed by atoms with Gasteiger partial charge >= 0.3 is 29.6 Å². The molecule has 0 aliphatic carbocycles. The van der Waals surface area contributed by atoms with Crippen LogP contribution in [0.4, 0.5) is 0 Å². The summed E-state index contributed by atoms with van der Waals surface area (Å²) < 4.78 is 9.04. The first kappa shape index (κ1) is 69.7. The van der Waals surface area contributed by atoms with Crippen molar-refractivity contribution >= 4 is 59.6 Å². The Morgan fingerprint density at radius 3 is 2.00 bits per heavy atom. The smallest absolute Gasteiger partial charge is 0.691 e. The van der Waals surface area contributed by atoms with E-state index in [4.69, 9.17) is 9.92 Å². The molecule has 3 aliphatic rings.